The molecule has 2 rings (SSSR count). The summed E-state index contributed by atoms with van der Waals surface area (Å²) in [6.45, 7) is 5.72. The van der Waals surface area contributed by atoms with Gasteiger partial charge in [-0.1, -0.05) is 6.92 Å². The fourth-order valence-electron chi connectivity index (χ4n) is 2.48. The fraction of sp³-hybridized carbons (Fsp3) is 0.692. The van der Waals surface area contributed by atoms with Gasteiger partial charge in [-0.3, -0.25) is 0 Å². The van der Waals surface area contributed by atoms with E-state index in [0.717, 1.165) is 31.1 Å². The van der Waals surface area contributed by atoms with Crippen molar-refractivity contribution in [2.45, 2.75) is 32.7 Å². The summed E-state index contributed by atoms with van der Waals surface area (Å²) in [6, 6.07) is 1.92. The van der Waals surface area contributed by atoms with Crippen molar-refractivity contribution in [2.24, 2.45) is 0 Å². The van der Waals surface area contributed by atoms with Gasteiger partial charge in [0.05, 0.1) is 11.5 Å². The highest BCUT2D eigenvalue weighted by Gasteiger charge is 2.32. The molecule has 112 valence electrons. The molecule has 0 amide bonds. The Kier molecular flexibility index (Phi) is 4.80. The lowest BCUT2D eigenvalue weighted by molar-refractivity contribution is 0.599. The molecule has 0 aromatic carbocycles. The number of rotatable bonds is 6. The van der Waals surface area contributed by atoms with Crippen LogP contribution >= 0.6 is 0 Å². The van der Waals surface area contributed by atoms with Gasteiger partial charge in [0.2, 0.25) is 0 Å². The number of aromatic nitrogens is 2. The lowest BCUT2D eigenvalue weighted by Crippen LogP contribution is -2.36. The lowest BCUT2D eigenvalue weighted by Gasteiger charge is -2.28. The van der Waals surface area contributed by atoms with Crippen LogP contribution in [0.15, 0.2) is 12.4 Å². The van der Waals surface area contributed by atoms with Crippen molar-refractivity contribution in [1.82, 2.24) is 9.97 Å². The minimum atomic E-state index is -2.88. The molecule has 1 aromatic heterocycles. The molecule has 0 bridgehead atoms. The smallest absolute Gasteiger partial charge is 0.152 e. The molecule has 7 heteroatoms. The number of anilines is 2. The van der Waals surface area contributed by atoms with Crippen molar-refractivity contribution < 1.29 is 8.42 Å². The lowest BCUT2D eigenvalue weighted by atomic mass is 10.2. The third-order valence-electron chi connectivity index (χ3n) is 3.49. The van der Waals surface area contributed by atoms with E-state index < -0.39 is 9.84 Å². The maximum atomic E-state index is 11.6. The molecule has 6 nitrogen and oxygen atoms in total. The molecule has 1 aromatic rings. The van der Waals surface area contributed by atoms with Gasteiger partial charge in [0.15, 0.2) is 9.84 Å². The van der Waals surface area contributed by atoms with E-state index in [1.54, 1.807) is 0 Å². The van der Waals surface area contributed by atoms with Crippen molar-refractivity contribution in [1.29, 1.82) is 0 Å². The number of hydrogen-bond acceptors (Lipinski definition) is 6. The van der Waals surface area contributed by atoms with E-state index in [1.807, 2.05) is 13.0 Å². The molecular weight excluding hydrogens is 276 g/mol. The second-order valence-corrected chi connectivity index (χ2v) is 7.26. The molecular formula is C13H22N4O2S. The van der Waals surface area contributed by atoms with Crippen LogP contribution in [0.2, 0.25) is 0 Å². The normalized spacial score (nSPS) is 20.8. The van der Waals surface area contributed by atoms with Crippen molar-refractivity contribution >= 4 is 21.5 Å². The maximum absolute atomic E-state index is 11.6. The highest BCUT2D eigenvalue weighted by atomic mass is 32.2. The van der Waals surface area contributed by atoms with Crippen molar-refractivity contribution in [2.75, 3.05) is 34.8 Å². The Morgan fingerprint density at radius 2 is 2.20 bits per heavy atom. The van der Waals surface area contributed by atoms with E-state index in [4.69, 9.17) is 0 Å². The molecule has 0 aliphatic carbocycles. The summed E-state index contributed by atoms with van der Waals surface area (Å²) >= 11 is 0. The Labute approximate surface area is 120 Å². The fourth-order valence-corrected chi connectivity index (χ4v) is 4.21. The average Bonchev–Trinajstić information content (AvgIpc) is 2.78. The van der Waals surface area contributed by atoms with Gasteiger partial charge in [0.1, 0.15) is 18.0 Å². The third kappa shape index (κ3) is 3.59. The van der Waals surface area contributed by atoms with E-state index in [-0.39, 0.29) is 17.5 Å². The molecule has 1 N–H and O–H groups in total. The maximum Gasteiger partial charge on any atom is 0.152 e. The molecule has 2 heterocycles. The summed E-state index contributed by atoms with van der Waals surface area (Å²) in [4.78, 5) is 10.5. The second kappa shape index (κ2) is 6.39. The van der Waals surface area contributed by atoms with Crippen LogP contribution in [0.3, 0.4) is 0 Å². The monoisotopic (exact) mass is 298 g/mol. The van der Waals surface area contributed by atoms with Gasteiger partial charge in [-0.2, -0.15) is 0 Å². The Hall–Kier alpha value is -1.37. The standard InChI is InChI=1S/C13H22N4O2S/c1-3-6-14-12-8-13(16-10-15-12)17(4-2)11-5-7-20(18,19)9-11/h8,10-11H,3-7,9H2,1-2H3,(H,14,15,16). The highest BCUT2D eigenvalue weighted by Crippen LogP contribution is 2.23. The Bertz CT molecular complexity index is 547. The number of nitrogens with one attached hydrogen (secondary N) is 1. The molecule has 0 spiro atoms. The molecule has 0 saturated carbocycles. The van der Waals surface area contributed by atoms with Gasteiger partial charge in [-0.05, 0) is 19.8 Å². The highest BCUT2D eigenvalue weighted by molar-refractivity contribution is 7.91. The summed E-state index contributed by atoms with van der Waals surface area (Å²) in [5.74, 6) is 2.09. The van der Waals surface area contributed by atoms with E-state index in [1.165, 1.54) is 6.33 Å². The number of sulfone groups is 1. The van der Waals surface area contributed by atoms with Gasteiger partial charge >= 0.3 is 0 Å². The van der Waals surface area contributed by atoms with Crippen molar-refractivity contribution in [3.63, 3.8) is 0 Å². The van der Waals surface area contributed by atoms with Gasteiger partial charge < -0.3 is 10.2 Å². The topological polar surface area (TPSA) is 75.2 Å². The molecule has 1 aliphatic heterocycles. The van der Waals surface area contributed by atoms with E-state index >= 15 is 0 Å². The molecule has 1 fully saturated rings. The summed E-state index contributed by atoms with van der Waals surface area (Å²) in [5.41, 5.74) is 0. The Morgan fingerprint density at radius 1 is 1.40 bits per heavy atom. The third-order valence-corrected chi connectivity index (χ3v) is 5.24. The zero-order valence-electron chi connectivity index (χ0n) is 12.0. The minimum absolute atomic E-state index is 0.0268. The van der Waals surface area contributed by atoms with E-state index in [0.29, 0.717) is 6.42 Å². The first-order valence-electron chi connectivity index (χ1n) is 7.08. The summed E-state index contributed by atoms with van der Waals surface area (Å²) in [7, 11) is -2.88. The quantitative estimate of drug-likeness (QED) is 0.853. The van der Waals surface area contributed by atoms with Crippen LogP contribution in [0.5, 0.6) is 0 Å². The SMILES string of the molecule is CCCNc1cc(N(CC)C2CCS(=O)(=O)C2)ncn1. The molecule has 1 saturated heterocycles. The van der Waals surface area contributed by atoms with Gasteiger partial charge in [-0.15, -0.1) is 0 Å². The van der Waals surface area contributed by atoms with E-state index in [9.17, 15) is 8.42 Å². The summed E-state index contributed by atoms with van der Waals surface area (Å²) in [6.07, 6.45) is 3.23. The first kappa shape index (κ1) is 15.0. The largest absolute Gasteiger partial charge is 0.370 e. The van der Waals surface area contributed by atoms with Gasteiger partial charge in [0, 0.05) is 25.2 Å². The van der Waals surface area contributed by atoms with Crippen molar-refractivity contribution in [3.8, 4) is 0 Å². The van der Waals surface area contributed by atoms with E-state index in [2.05, 4.69) is 27.1 Å². The molecule has 20 heavy (non-hydrogen) atoms. The zero-order chi connectivity index (χ0) is 14.6. The van der Waals surface area contributed by atoms with Crippen molar-refractivity contribution in [3.05, 3.63) is 12.4 Å². The minimum Gasteiger partial charge on any atom is -0.370 e. The van der Waals surface area contributed by atoms with Crippen LogP contribution in [-0.4, -0.2) is 49.0 Å². The zero-order valence-corrected chi connectivity index (χ0v) is 12.9. The van der Waals surface area contributed by atoms with Crippen LogP contribution in [0.25, 0.3) is 0 Å². The number of hydrogen-bond donors (Lipinski definition) is 1. The van der Waals surface area contributed by atoms with Gasteiger partial charge in [-0.25, -0.2) is 18.4 Å². The Morgan fingerprint density at radius 3 is 2.80 bits per heavy atom. The average molecular weight is 298 g/mol. The summed E-state index contributed by atoms with van der Waals surface area (Å²) in [5, 5.41) is 3.22. The van der Waals surface area contributed by atoms with Crippen LogP contribution in [-0.2, 0) is 9.84 Å². The first-order chi connectivity index (χ1) is 9.55. The van der Waals surface area contributed by atoms with Crippen LogP contribution in [0.4, 0.5) is 11.6 Å². The summed E-state index contributed by atoms with van der Waals surface area (Å²) < 4.78 is 23.3. The molecule has 1 unspecified atom stereocenters. The predicted molar refractivity (Wildman–Crippen MR) is 80.9 cm³/mol. The molecule has 1 aliphatic rings. The van der Waals surface area contributed by atoms with Crippen LogP contribution in [0.1, 0.15) is 26.7 Å². The second-order valence-electron chi connectivity index (χ2n) is 5.03. The molecule has 1 atom stereocenters. The van der Waals surface area contributed by atoms with Crippen LogP contribution in [0, 0.1) is 0 Å². The van der Waals surface area contributed by atoms with Gasteiger partial charge in [0.25, 0.3) is 0 Å². The Balaban J connectivity index is 2.15. The van der Waals surface area contributed by atoms with Crippen LogP contribution < -0.4 is 10.2 Å². The predicted octanol–water partition coefficient (Wildman–Crippen LogP) is 1.31. The number of nitrogens with zero attached hydrogens (tertiary/aromatic N) is 3. The first-order valence-corrected chi connectivity index (χ1v) is 8.91. The molecule has 0 radical (unpaired) electrons.